The molecule has 5 rings (SSSR count). The van der Waals surface area contributed by atoms with E-state index in [2.05, 4.69) is 34.0 Å². The van der Waals surface area contributed by atoms with Crippen LogP contribution in [0.2, 0.25) is 0 Å². The molecule has 7 nitrogen and oxygen atoms in total. The van der Waals surface area contributed by atoms with Crippen LogP contribution in [0.4, 0.5) is 4.39 Å². The Bertz CT molecular complexity index is 1440. The van der Waals surface area contributed by atoms with Crippen LogP contribution in [0.3, 0.4) is 0 Å². The number of aromatic nitrogens is 3. The summed E-state index contributed by atoms with van der Waals surface area (Å²) in [6, 6.07) is 15.3. The minimum atomic E-state index is -3.68. The molecule has 1 saturated heterocycles. The third-order valence-corrected chi connectivity index (χ3v) is 8.37. The number of piperazine rings is 1. The molecule has 2 aromatic carbocycles. The molecule has 0 aliphatic carbocycles. The minimum Gasteiger partial charge on any atom is -0.294 e. The molecule has 0 N–H and O–H groups in total. The maximum Gasteiger partial charge on any atom is 0.260 e. The molecule has 35 heavy (non-hydrogen) atoms. The van der Waals surface area contributed by atoms with E-state index in [0.717, 1.165) is 40.7 Å². The zero-order chi connectivity index (χ0) is 24.6. The Morgan fingerprint density at radius 1 is 1.09 bits per heavy atom. The topological polar surface area (TPSA) is 71.3 Å². The average Bonchev–Trinajstić information content (AvgIpc) is 3.27. The minimum absolute atomic E-state index is 0.0791. The molecule has 0 radical (unpaired) electrons. The summed E-state index contributed by atoms with van der Waals surface area (Å²) in [5.41, 5.74) is 3.86. The molecular formula is C26H28FN5O2S. The number of aryl methyl sites for hydroxylation is 1. The van der Waals surface area contributed by atoms with E-state index in [1.54, 1.807) is 45.5 Å². The molecule has 0 bridgehead atoms. The Morgan fingerprint density at radius 3 is 2.60 bits per heavy atom. The van der Waals surface area contributed by atoms with Crippen LogP contribution < -0.4 is 0 Å². The molecule has 1 atom stereocenters. The smallest absolute Gasteiger partial charge is 0.260 e. The van der Waals surface area contributed by atoms with Gasteiger partial charge in [0.2, 0.25) is 0 Å². The van der Waals surface area contributed by atoms with Crippen molar-refractivity contribution < 1.29 is 12.8 Å². The van der Waals surface area contributed by atoms with Gasteiger partial charge in [0.25, 0.3) is 10.0 Å². The summed E-state index contributed by atoms with van der Waals surface area (Å²) in [6.07, 6.45) is 4.29. The number of benzene rings is 2. The van der Waals surface area contributed by atoms with Crippen LogP contribution in [-0.4, -0.2) is 58.6 Å². The van der Waals surface area contributed by atoms with Gasteiger partial charge in [-0.25, -0.2) is 22.5 Å². The number of fused-ring (bicyclic) bond motifs is 1. The van der Waals surface area contributed by atoms with Crippen molar-refractivity contribution in [3.05, 3.63) is 83.9 Å². The van der Waals surface area contributed by atoms with Gasteiger partial charge in [0.05, 0.1) is 17.4 Å². The molecule has 0 spiro atoms. The number of rotatable bonds is 6. The second-order valence-corrected chi connectivity index (χ2v) is 10.8. The second kappa shape index (κ2) is 9.49. The SMILES string of the molecule is CCCN1CCN(S(=O)(=O)c2ccccn2)C[C@H]1c1cc2cnn(-c3ccc(F)cc3)c2cc1C. The highest BCUT2D eigenvalue weighted by atomic mass is 32.2. The monoisotopic (exact) mass is 493 g/mol. The summed E-state index contributed by atoms with van der Waals surface area (Å²) in [5.74, 6) is -0.290. The first-order valence-electron chi connectivity index (χ1n) is 11.8. The highest BCUT2D eigenvalue weighted by Crippen LogP contribution is 2.33. The number of hydrogen-bond acceptors (Lipinski definition) is 5. The van der Waals surface area contributed by atoms with Crippen LogP contribution in [0.25, 0.3) is 16.6 Å². The normalized spacial score (nSPS) is 17.7. The van der Waals surface area contributed by atoms with Crippen LogP contribution in [0.5, 0.6) is 0 Å². The predicted molar refractivity (Wildman–Crippen MR) is 133 cm³/mol. The van der Waals surface area contributed by atoms with Crippen molar-refractivity contribution in [1.82, 2.24) is 24.0 Å². The maximum atomic E-state index is 13.4. The summed E-state index contributed by atoms with van der Waals surface area (Å²) in [7, 11) is -3.68. The van der Waals surface area contributed by atoms with E-state index >= 15 is 0 Å². The number of halogens is 1. The van der Waals surface area contributed by atoms with E-state index in [4.69, 9.17) is 0 Å². The van der Waals surface area contributed by atoms with Crippen LogP contribution in [-0.2, 0) is 10.0 Å². The molecule has 0 unspecified atom stereocenters. The standard InChI is InChI=1S/C26H28FN5O2S/c1-3-12-30-13-14-31(35(33,34)26-6-4-5-11-28-26)18-25(30)23-16-20-17-29-32(24(20)15-19(23)2)22-9-7-21(27)8-10-22/h4-11,15-17,25H,3,12-14,18H2,1-2H3/t25-/m0/s1. The molecule has 2 aromatic heterocycles. The summed E-state index contributed by atoms with van der Waals surface area (Å²) in [5, 5.41) is 5.57. The largest absolute Gasteiger partial charge is 0.294 e. The lowest BCUT2D eigenvalue weighted by Gasteiger charge is -2.41. The predicted octanol–water partition coefficient (Wildman–Crippen LogP) is 4.33. The fraction of sp³-hybridized carbons (Fsp3) is 0.308. The van der Waals surface area contributed by atoms with Crippen molar-refractivity contribution >= 4 is 20.9 Å². The first-order chi connectivity index (χ1) is 16.9. The Labute approximate surface area is 204 Å². The molecular weight excluding hydrogens is 465 g/mol. The molecule has 9 heteroatoms. The second-order valence-electron chi connectivity index (χ2n) is 8.88. The van der Waals surface area contributed by atoms with Crippen LogP contribution in [0, 0.1) is 12.7 Å². The Balaban J connectivity index is 1.52. The molecule has 182 valence electrons. The molecule has 1 aliphatic heterocycles. The van der Waals surface area contributed by atoms with Gasteiger partial charge in [-0.1, -0.05) is 13.0 Å². The summed E-state index contributed by atoms with van der Waals surface area (Å²) in [4.78, 5) is 6.46. The first-order valence-corrected chi connectivity index (χ1v) is 13.2. The van der Waals surface area contributed by atoms with E-state index in [1.807, 2.05) is 6.92 Å². The first kappa shape index (κ1) is 23.6. The summed E-state index contributed by atoms with van der Waals surface area (Å²) in [6.45, 7) is 6.51. The lowest BCUT2D eigenvalue weighted by Crippen LogP contribution is -2.50. The van der Waals surface area contributed by atoms with Crippen molar-refractivity contribution in [1.29, 1.82) is 0 Å². The zero-order valence-electron chi connectivity index (χ0n) is 19.8. The van der Waals surface area contributed by atoms with E-state index in [9.17, 15) is 12.8 Å². The highest BCUT2D eigenvalue weighted by Gasteiger charge is 2.36. The van der Waals surface area contributed by atoms with E-state index in [-0.39, 0.29) is 16.9 Å². The third-order valence-electron chi connectivity index (χ3n) is 6.59. The molecule has 4 aromatic rings. The van der Waals surface area contributed by atoms with Crippen LogP contribution in [0.1, 0.15) is 30.5 Å². The van der Waals surface area contributed by atoms with Gasteiger partial charge in [0, 0.05) is 37.3 Å². The van der Waals surface area contributed by atoms with Crippen molar-refractivity contribution in [2.45, 2.75) is 31.3 Å². The van der Waals surface area contributed by atoms with Gasteiger partial charge >= 0.3 is 0 Å². The lowest BCUT2D eigenvalue weighted by atomic mass is 9.96. The van der Waals surface area contributed by atoms with E-state index in [0.29, 0.717) is 19.6 Å². The van der Waals surface area contributed by atoms with Gasteiger partial charge in [0.15, 0.2) is 5.03 Å². The fourth-order valence-electron chi connectivity index (χ4n) is 4.84. The molecule has 0 saturated carbocycles. The molecule has 1 aliphatic rings. The van der Waals surface area contributed by atoms with Gasteiger partial charge in [-0.2, -0.15) is 9.40 Å². The van der Waals surface area contributed by atoms with Crippen molar-refractivity contribution in [3.8, 4) is 5.69 Å². The molecule has 0 amide bonds. The van der Waals surface area contributed by atoms with E-state index in [1.165, 1.54) is 18.3 Å². The number of sulfonamides is 1. The van der Waals surface area contributed by atoms with Gasteiger partial charge in [-0.05, 0) is 79.5 Å². The van der Waals surface area contributed by atoms with E-state index < -0.39 is 10.0 Å². The Kier molecular flexibility index (Phi) is 6.39. The average molecular weight is 494 g/mol. The quantitative estimate of drug-likeness (QED) is 0.400. The Morgan fingerprint density at radius 2 is 1.89 bits per heavy atom. The number of hydrogen-bond donors (Lipinski definition) is 0. The molecule has 3 heterocycles. The van der Waals surface area contributed by atoms with Crippen LogP contribution in [0.15, 0.2) is 72.0 Å². The maximum absolute atomic E-state index is 13.4. The van der Waals surface area contributed by atoms with Gasteiger partial charge < -0.3 is 0 Å². The number of nitrogens with zero attached hydrogens (tertiary/aromatic N) is 5. The van der Waals surface area contributed by atoms with Crippen molar-refractivity contribution in [2.24, 2.45) is 0 Å². The number of pyridine rings is 1. The van der Waals surface area contributed by atoms with Gasteiger partial charge in [-0.3, -0.25) is 4.90 Å². The van der Waals surface area contributed by atoms with Gasteiger partial charge in [0.1, 0.15) is 5.82 Å². The third kappa shape index (κ3) is 4.47. The summed E-state index contributed by atoms with van der Waals surface area (Å²) >= 11 is 0. The van der Waals surface area contributed by atoms with Crippen LogP contribution >= 0.6 is 0 Å². The zero-order valence-corrected chi connectivity index (χ0v) is 20.6. The fourth-order valence-corrected chi connectivity index (χ4v) is 6.21. The van der Waals surface area contributed by atoms with Crippen molar-refractivity contribution in [2.75, 3.05) is 26.2 Å². The highest BCUT2D eigenvalue weighted by molar-refractivity contribution is 7.89. The van der Waals surface area contributed by atoms with Gasteiger partial charge in [-0.15, -0.1) is 0 Å². The Hall–Kier alpha value is -3.14. The molecule has 1 fully saturated rings. The summed E-state index contributed by atoms with van der Waals surface area (Å²) < 4.78 is 43.4. The van der Waals surface area contributed by atoms with Crippen molar-refractivity contribution in [3.63, 3.8) is 0 Å². The lowest BCUT2D eigenvalue weighted by molar-refractivity contribution is 0.118.